The molecule has 5 nitrogen and oxygen atoms in total. The Morgan fingerprint density at radius 3 is 2.76 bits per heavy atom. The molecule has 0 saturated carbocycles. The Morgan fingerprint density at radius 1 is 1.47 bits per heavy atom. The van der Waals surface area contributed by atoms with Crippen LogP contribution in [0, 0.1) is 0 Å². The Morgan fingerprint density at radius 2 is 2.18 bits per heavy atom. The van der Waals surface area contributed by atoms with Crippen LogP contribution in [0.2, 0.25) is 0 Å². The minimum Gasteiger partial charge on any atom is -0.390 e. The summed E-state index contributed by atoms with van der Waals surface area (Å²) in [4.78, 5) is 3.74. The fourth-order valence-corrected chi connectivity index (χ4v) is 1.18. The standard InChI is InChI=1S/C9H13F3N2O3/c1-16-5-6(15)4-8-13-7(14-17-8)2-3-9(10,11)12/h6,15H,2-5H2,1H3. The molecule has 0 aliphatic heterocycles. The van der Waals surface area contributed by atoms with Gasteiger partial charge in [0.15, 0.2) is 5.82 Å². The van der Waals surface area contributed by atoms with Crippen molar-refractivity contribution in [2.75, 3.05) is 13.7 Å². The molecule has 17 heavy (non-hydrogen) atoms. The molecule has 1 aromatic heterocycles. The lowest BCUT2D eigenvalue weighted by molar-refractivity contribution is -0.134. The zero-order chi connectivity index (χ0) is 12.9. The van der Waals surface area contributed by atoms with Crippen molar-refractivity contribution in [3.05, 3.63) is 11.7 Å². The summed E-state index contributed by atoms with van der Waals surface area (Å²) in [6, 6.07) is 0. The molecule has 0 radical (unpaired) electrons. The Bertz CT molecular complexity index is 340. The zero-order valence-electron chi connectivity index (χ0n) is 9.20. The number of ether oxygens (including phenoxy) is 1. The van der Waals surface area contributed by atoms with E-state index in [9.17, 15) is 18.3 Å². The maximum absolute atomic E-state index is 11.9. The van der Waals surface area contributed by atoms with Crippen molar-refractivity contribution in [3.63, 3.8) is 0 Å². The minimum atomic E-state index is -4.24. The van der Waals surface area contributed by atoms with Crippen LogP contribution in [0.15, 0.2) is 4.52 Å². The number of alkyl halides is 3. The van der Waals surface area contributed by atoms with Crippen molar-refractivity contribution in [1.29, 1.82) is 0 Å². The van der Waals surface area contributed by atoms with Crippen molar-refractivity contribution >= 4 is 0 Å². The molecule has 0 aromatic carbocycles. The highest BCUT2D eigenvalue weighted by Gasteiger charge is 2.27. The number of aliphatic hydroxyl groups excluding tert-OH is 1. The third-order valence-corrected chi connectivity index (χ3v) is 1.91. The highest BCUT2D eigenvalue weighted by atomic mass is 19.4. The summed E-state index contributed by atoms with van der Waals surface area (Å²) in [5.41, 5.74) is 0. The molecule has 0 bridgehead atoms. The number of hydrogen-bond acceptors (Lipinski definition) is 5. The van der Waals surface area contributed by atoms with E-state index in [0.717, 1.165) is 0 Å². The van der Waals surface area contributed by atoms with Crippen LogP contribution in [0.5, 0.6) is 0 Å². The van der Waals surface area contributed by atoms with Crippen LogP contribution in [0.4, 0.5) is 13.2 Å². The third kappa shape index (κ3) is 5.64. The molecule has 98 valence electrons. The SMILES string of the molecule is COCC(O)Cc1nc(CCC(F)(F)F)no1. The van der Waals surface area contributed by atoms with Crippen molar-refractivity contribution in [3.8, 4) is 0 Å². The average Bonchev–Trinajstić information content (AvgIpc) is 2.62. The molecule has 0 aliphatic carbocycles. The van der Waals surface area contributed by atoms with Crippen LogP contribution < -0.4 is 0 Å². The Kier molecular flexibility index (Phi) is 4.88. The summed E-state index contributed by atoms with van der Waals surface area (Å²) in [6.07, 6.45) is -6.31. The van der Waals surface area contributed by atoms with Gasteiger partial charge in [0.05, 0.1) is 25.6 Å². The number of rotatable bonds is 6. The summed E-state index contributed by atoms with van der Waals surface area (Å²) >= 11 is 0. The summed E-state index contributed by atoms with van der Waals surface area (Å²) in [5.74, 6) is 0.0914. The van der Waals surface area contributed by atoms with E-state index in [1.54, 1.807) is 0 Å². The Balaban J connectivity index is 2.42. The molecule has 0 amide bonds. The van der Waals surface area contributed by atoms with Crippen LogP contribution in [0.1, 0.15) is 18.1 Å². The van der Waals surface area contributed by atoms with E-state index in [-0.39, 0.29) is 31.2 Å². The number of aliphatic hydroxyl groups is 1. The molecule has 1 N–H and O–H groups in total. The molecular formula is C9H13F3N2O3. The van der Waals surface area contributed by atoms with Gasteiger partial charge in [-0.3, -0.25) is 0 Å². The van der Waals surface area contributed by atoms with Crippen LogP contribution in [0.25, 0.3) is 0 Å². The molecule has 0 fully saturated rings. The molecule has 1 aromatic rings. The maximum atomic E-state index is 11.9. The monoisotopic (exact) mass is 254 g/mol. The lowest BCUT2D eigenvalue weighted by atomic mass is 10.2. The van der Waals surface area contributed by atoms with E-state index in [2.05, 4.69) is 14.9 Å². The van der Waals surface area contributed by atoms with Gasteiger partial charge in [-0.05, 0) is 0 Å². The van der Waals surface area contributed by atoms with Crippen LogP contribution in [-0.4, -0.2) is 41.2 Å². The lowest BCUT2D eigenvalue weighted by Gasteiger charge is -2.04. The molecule has 0 spiro atoms. The highest BCUT2D eigenvalue weighted by molar-refractivity contribution is 4.88. The molecule has 0 aliphatic rings. The lowest BCUT2D eigenvalue weighted by Crippen LogP contribution is -2.17. The summed E-state index contributed by atoms with van der Waals surface area (Å²) < 4.78 is 45.1. The summed E-state index contributed by atoms with van der Waals surface area (Å²) in [7, 11) is 1.42. The van der Waals surface area contributed by atoms with Gasteiger partial charge in [0.2, 0.25) is 5.89 Å². The quantitative estimate of drug-likeness (QED) is 0.823. The Hall–Kier alpha value is -1.15. The Labute approximate surface area is 95.6 Å². The first-order chi connectivity index (χ1) is 7.90. The number of methoxy groups -OCH3 is 1. The van der Waals surface area contributed by atoms with E-state index in [4.69, 9.17) is 4.52 Å². The number of aromatic nitrogens is 2. The molecular weight excluding hydrogens is 241 g/mol. The topological polar surface area (TPSA) is 68.4 Å². The van der Waals surface area contributed by atoms with Crippen molar-refractivity contribution in [2.24, 2.45) is 0 Å². The van der Waals surface area contributed by atoms with Gasteiger partial charge in [-0.15, -0.1) is 0 Å². The van der Waals surface area contributed by atoms with Gasteiger partial charge in [0, 0.05) is 13.5 Å². The molecule has 1 atom stereocenters. The van der Waals surface area contributed by atoms with Gasteiger partial charge in [-0.1, -0.05) is 5.16 Å². The predicted molar refractivity (Wildman–Crippen MR) is 50.3 cm³/mol. The van der Waals surface area contributed by atoms with Gasteiger partial charge in [0.25, 0.3) is 0 Å². The smallest absolute Gasteiger partial charge is 0.389 e. The first-order valence-electron chi connectivity index (χ1n) is 4.96. The summed E-state index contributed by atoms with van der Waals surface area (Å²) in [6.45, 7) is 0.0975. The maximum Gasteiger partial charge on any atom is 0.389 e. The predicted octanol–water partition coefficient (Wildman–Crippen LogP) is 1.11. The largest absolute Gasteiger partial charge is 0.390 e. The van der Waals surface area contributed by atoms with E-state index in [1.165, 1.54) is 7.11 Å². The van der Waals surface area contributed by atoms with Gasteiger partial charge in [-0.2, -0.15) is 18.2 Å². The number of hydrogen-bond donors (Lipinski definition) is 1. The zero-order valence-corrected chi connectivity index (χ0v) is 9.20. The molecule has 8 heteroatoms. The molecule has 0 saturated heterocycles. The fraction of sp³-hybridized carbons (Fsp3) is 0.778. The summed E-state index contributed by atoms with van der Waals surface area (Å²) in [5, 5.41) is 12.7. The van der Waals surface area contributed by atoms with E-state index >= 15 is 0 Å². The third-order valence-electron chi connectivity index (χ3n) is 1.91. The second-order valence-electron chi connectivity index (χ2n) is 3.53. The first-order valence-corrected chi connectivity index (χ1v) is 4.96. The van der Waals surface area contributed by atoms with Gasteiger partial charge in [-0.25, -0.2) is 0 Å². The van der Waals surface area contributed by atoms with Crippen molar-refractivity contribution in [1.82, 2.24) is 10.1 Å². The fourth-order valence-electron chi connectivity index (χ4n) is 1.18. The second-order valence-corrected chi connectivity index (χ2v) is 3.53. The van der Waals surface area contributed by atoms with Crippen LogP contribution >= 0.6 is 0 Å². The normalized spacial score (nSPS) is 13.9. The second kappa shape index (κ2) is 5.97. The van der Waals surface area contributed by atoms with Crippen LogP contribution in [0.3, 0.4) is 0 Å². The van der Waals surface area contributed by atoms with Gasteiger partial charge >= 0.3 is 6.18 Å². The van der Waals surface area contributed by atoms with E-state index in [0.29, 0.717) is 0 Å². The molecule has 1 heterocycles. The van der Waals surface area contributed by atoms with Gasteiger partial charge in [0.1, 0.15) is 0 Å². The van der Waals surface area contributed by atoms with Crippen molar-refractivity contribution in [2.45, 2.75) is 31.5 Å². The first kappa shape index (κ1) is 13.9. The number of aryl methyl sites for hydroxylation is 1. The molecule has 1 unspecified atom stereocenters. The van der Waals surface area contributed by atoms with Crippen LogP contribution in [-0.2, 0) is 17.6 Å². The van der Waals surface area contributed by atoms with Crippen molar-refractivity contribution < 1.29 is 27.5 Å². The highest BCUT2D eigenvalue weighted by Crippen LogP contribution is 2.21. The van der Waals surface area contributed by atoms with Gasteiger partial charge < -0.3 is 14.4 Å². The average molecular weight is 254 g/mol. The minimum absolute atomic E-state index is 0.0121. The number of halogens is 3. The van der Waals surface area contributed by atoms with E-state index in [1.807, 2.05) is 0 Å². The number of nitrogens with zero attached hydrogens (tertiary/aromatic N) is 2. The molecule has 1 rings (SSSR count). The van der Waals surface area contributed by atoms with E-state index < -0.39 is 18.7 Å².